The highest BCUT2D eigenvalue weighted by molar-refractivity contribution is 5.97. The fourth-order valence-electron chi connectivity index (χ4n) is 4.03. The third-order valence-corrected chi connectivity index (χ3v) is 5.88. The summed E-state index contributed by atoms with van der Waals surface area (Å²) in [5.41, 5.74) is 5.12. The molecule has 1 aliphatic carbocycles. The number of aromatic nitrogens is 2. The number of nitrogens with zero attached hydrogens (tertiary/aromatic N) is 2. The Labute approximate surface area is 153 Å². The van der Waals surface area contributed by atoms with E-state index in [1.807, 2.05) is 26.1 Å². The number of nitrogens with one attached hydrogen (secondary N) is 1. The van der Waals surface area contributed by atoms with Crippen molar-refractivity contribution in [2.24, 2.45) is 0 Å². The van der Waals surface area contributed by atoms with Gasteiger partial charge in [-0.25, -0.2) is 9.37 Å². The third kappa shape index (κ3) is 3.15. The molecule has 2 aromatic rings. The molecule has 4 rings (SSSR count). The number of amides is 1. The van der Waals surface area contributed by atoms with Gasteiger partial charge in [0.15, 0.2) is 0 Å². The van der Waals surface area contributed by atoms with Gasteiger partial charge < -0.3 is 9.88 Å². The molecule has 1 saturated heterocycles. The van der Waals surface area contributed by atoms with Crippen LogP contribution in [0.25, 0.3) is 11.3 Å². The third-order valence-electron chi connectivity index (χ3n) is 5.88. The van der Waals surface area contributed by atoms with Crippen LogP contribution in [0, 0.1) is 13.8 Å². The van der Waals surface area contributed by atoms with E-state index in [-0.39, 0.29) is 5.91 Å². The van der Waals surface area contributed by atoms with Crippen molar-refractivity contribution in [1.82, 2.24) is 14.9 Å². The van der Waals surface area contributed by atoms with Gasteiger partial charge in [0.05, 0.1) is 11.9 Å². The second kappa shape index (κ2) is 6.86. The lowest BCUT2D eigenvalue weighted by atomic mass is 9.76. The molecule has 5 heteroatoms. The predicted molar refractivity (Wildman–Crippen MR) is 100 cm³/mol. The number of halogens is 1. The number of imidazole rings is 1. The van der Waals surface area contributed by atoms with Crippen LogP contribution in [0.5, 0.6) is 0 Å². The number of piperidine rings is 1. The second-order valence-electron chi connectivity index (χ2n) is 7.73. The van der Waals surface area contributed by atoms with Gasteiger partial charge in [0.1, 0.15) is 12.0 Å². The van der Waals surface area contributed by atoms with E-state index in [0.29, 0.717) is 31.8 Å². The maximum Gasteiger partial charge on any atom is 0.254 e. The lowest BCUT2D eigenvalue weighted by Gasteiger charge is -2.31. The molecule has 0 bridgehead atoms. The van der Waals surface area contributed by atoms with Crippen LogP contribution in [-0.4, -0.2) is 40.0 Å². The lowest BCUT2D eigenvalue weighted by Crippen LogP contribution is -2.39. The van der Waals surface area contributed by atoms with Crippen LogP contribution >= 0.6 is 0 Å². The van der Waals surface area contributed by atoms with E-state index in [2.05, 4.69) is 16.0 Å². The molecule has 1 saturated carbocycles. The molecule has 138 valence electrons. The number of carbonyl (C=O) groups is 1. The summed E-state index contributed by atoms with van der Waals surface area (Å²) in [7, 11) is 0. The lowest BCUT2D eigenvalue weighted by molar-refractivity contribution is 0.0666. The van der Waals surface area contributed by atoms with Gasteiger partial charge in [-0.1, -0.05) is 12.5 Å². The summed E-state index contributed by atoms with van der Waals surface area (Å²) in [6, 6.07) is 4.21. The fraction of sp³-hybridized carbons (Fsp3) is 0.524. The van der Waals surface area contributed by atoms with Gasteiger partial charge in [0.25, 0.3) is 5.91 Å². The molecule has 1 aliphatic heterocycles. The Morgan fingerprint density at radius 2 is 1.92 bits per heavy atom. The van der Waals surface area contributed by atoms with Crippen LogP contribution in [0.2, 0.25) is 0 Å². The zero-order chi connectivity index (χ0) is 18.3. The summed E-state index contributed by atoms with van der Waals surface area (Å²) in [6.07, 6.45) is 5.64. The number of carbonyl (C=O) groups excluding carboxylic acids is 1. The van der Waals surface area contributed by atoms with Crippen LogP contribution in [0.15, 0.2) is 18.3 Å². The molecule has 0 spiro atoms. The van der Waals surface area contributed by atoms with Crippen molar-refractivity contribution in [2.45, 2.75) is 58.0 Å². The van der Waals surface area contributed by atoms with E-state index in [9.17, 15) is 9.18 Å². The summed E-state index contributed by atoms with van der Waals surface area (Å²) < 4.78 is 13.4. The normalized spacial score (nSPS) is 18.8. The Morgan fingerprint density at radius 3 is 2.50 bits per heavy atom. The highest BCUT2D eigenvalue weighted by Crippen LogP contribution is 2.42. The van der Waals surface area contributed by atoms with Crippen LogP contribution in [0.4, 0.5) is 4.39 Å². The topological polar surface area (TPSA) is 49.0 Å². The number of alkyl halides is 1. The quantitative estimate of drug-likeness (QED) is 0.879. The molecule has 1 aromatic carbocycles. The van der Waals surface area contributed by atoms with Gasteiger partial charge in [-0.2, -0.15) is 0 Å². The molecule has 0 unspecified atom stereocenters. The maximum atomic E-state index is 13.4. The summed E-state index contributed by atoms with van der Waals surface area (Å²) in [5, 5.41) is 0. The first kappa shape index (κ1) is 17.3. The minimum Gasteiger partial charge on any atom is -0.342 e. The number of H-pyrrole nitrogens is 1. The van der Waals surface area contributed by atoms with Crippen molar-refractivity contribution in [3.63, 3.8) is 0 Å². The molecular formula is C21H26FN3O. The number of likely N-dealkylation sites (tertiary alicyclic amines) is 1. The highest BCUT2D eigenvalue weighted by atomic mass is 19.1. The average molecular weight is 355 g/mol. The van der Waals surface area contributed by atoms with E-state index in [1.165, 1.54) is 24.8 Å². The number of aromatic amines is 1. The first-order valence-corrected chi connectivity index (χ1v) is 9.63. The minimum absolute atomic E-state index is 0.0204. The largest absolute Gasteiger partial charge is 0.342 e. The molecular weight excluding hydrogens is 329 g/mol. The minimum atomic E-state index is -0.773. The summed E-state index contributed by atoms with van der Waals surface area (Å²) in [4.78, 5) is 22.5. The molecule has 2 heterocycles. The molecule has 2 fully saturated rings. The summed E-state index contributed by atoms with van der Waals surface area (Å²) in [5.74, 6) is 1.46. The standard InChI is InChI=1S/C21H26FN3O/c1-13-10-18(15-4-3-5-15)19(20-12-23-14(2)24-20)11-17(13)21(26)25-8-6-16(22)7-9-25/h10-12,15-16H,3-9H2,1-2H3,(H,23,24). The fourth-order valence-corrected chi connectivity index (χ4v) is 4.03. The number of aryl methyl sites for hydroxylation is 2. The van der Waals surface area contributed by atoms with Gasteiger partial charge in [-0.3, -0.25) is 4.79 Å². The van der Waals surface area contributed by atoms with E-state index in [0.717, 1.165) is 28.2 Å². The molecule has 4 nitrogen and oxygen atoms in total. The van der Waals surface area contributed by atoms with Crippen molar-refractivity contribution in [3.05, 3.63) is 40.8 Å². The van der Waals surface area contributed by atoms with Crippen molar-refractivity contribution < 1.29 is 9.18 Å². The first-order valence-electron chi connectivity index (χ1n) is 9.63. The number of rotatable bonds is 3. The van der Waals surface area contributed by atoms with Crippen LogP contribution in [0.1, 0.15) is 65.3 Å². The Kier molecular flexibility index (Phi) is 4.55. The monoisotopic (exact) mass is 355 g/mol. The van der Waals surface area contributed by atoms with E-state index in [4.69, 9.17) is 0 Å². The molecule has 0 atom stereocenters. The second-order valence-corrected chi connectivity index (χ2v) is 7.73. The Morgan fingerprint density at radius 1 is 1.19 bits per heavy atom. The van der Waals surface area contributed by atoms with E-state index in [1.54, 1.807) is 4.90 Å². The molecule has 2 aliphatic rings. The average Bonchev–Trinajstić information content (AvgIpc) is 3.00. The van der Waals surface area contributed by atoms with Crippen LogP contribution in [-0.2, 0) is 0 Å². The van der Waals surface area contributed by atoms with Gasteiger partial charge in [0, 0.05) is 24.2 Å². The summed E-state index contributed by atoms with van der Waals surface area (Å²) >= 11 is 0. The van der Waals surface area contributed by atoms with E-state index >= 15 is 0 Å². The molecule has 1 amide bonds. The molecule has 1 aromatic heterocycles. The van der Waals surface area contributed by atoms with Gasteiger partial charge in [0.2, 0.25) is 0 Å². The number of hydrogen-bond acceptors (Lipinski definition) is 2. The van der Waals surface area contributed by atoms with Crippen molar-refractivity contribution in [3.8, 4) is 11.3 Å². The number of hydrogen-bond donors (Lipinski definition) is 1. The van der Waals surface area contributed by atoms with Gasteiger partial charge in [-0.15, -0.1) is 0 Å². The van der Waals surface area contributed by atoms with Crippen molar-refractivity contribution in [2.75, 3.05) is 13.1 Å². The zero-order valence-electron chi connectivity index (χ0n) is 15.5. The SMILES string of the molecule is Cc1ncc(-c2cc(C(=O)N3CCC(F)CC3)c(C)cc2C2CCC2)[nH]1. The molecule has 0 radical (unpaired) electrons. The van der Waals surface area contributed by atoms with Gasteiger partial charge >= 0.3 is 0 Å². The zero-order valence-corrected chi connectivity index (χ0v) is 15.5. The Balaban J connectivity index is 1.72. The van der Waals surface area contributed by atoms with E-state index < -0.39 is 6.17 Å². The van der Waals surface area contributed by atoms with Crippen LogP contribution in [0.3, 0.4) is 0 Å². The number of benzene rings is 1. The maximum absolute atomic E-state index is 13.4. The smallest absolute Gasteiger partial charge is 0.254 e. The Hall–Kier alpha value is -2.17. The highest BCUT2D eigenvalue weighted by Gasteiger charge is 2.28. The van der Waals surface area contributed by atoms with Gasteiger partial charge in [-0.05, 0) is 62.6 Å². The molecule has 1 N–H and O–H groups in total. The summed E-state index contributed by atoms with van der Waals surface area (Å²) in [6.45, 7) is 4.96. The first-order chi connectivity index (χ1) is 12.5. The molecule has 26 heavy (non-hydrogen) atoms. The van der Waals surface area contributed by atoms with Crippen molar-refractivity contribution >= 4 is 5.91 Å². The van der Waals surface area contributed by atoms with Crippen LogP contribution < -0.4 is 0 Å². The Bertz CT molecular complexity index is 817. The van der Waals surface area contributed by atoms with Crippen molar-refractivity contribution in [1.29, 1.82) is 0 Å². The predicted octanol–water partition coefficient (Wildman–Crippen LogP) is 4.54.